The molecule has 0 aromatic carbocycles. The lowest BCUT2D eigenvalue weighted by Gasteiger charge is -1.99. The summed E-state index contributed by atoms with van der Waals surface area (Å²) in [5.74, 6) is -0.977. The molecule has 54 valence electrons. The standard InChI is InChI=1S/C7H6BNO2/c1-4-5(7(10)11)2-3-6(8)9-4/h2-3H,1H3,(H,10,11). The summed E-state index contributed by atoms with van der Waals surface area (Å²) in [7, 11) is 5.32. The smallest absolute Gasteiger partial charge is 0.337 e. The van der Waals surface area contributed by atoms with Gasteiger partial charge < -0.3 is 5.11 Å². The third-order valence-electron chi connectivity index (χ3n) is 1.34. The molecule has 0 bridgehead atoms. The highest BCUT2D eigenvalue weighted by Crippen LogP contribution is 2.00. The molecule has 1 aromatic heterocycles. The van der Waals surface area contributed by atoms with Crippen LogP contribution in [0.5, 0.6) is 0 Å². The monoisotopic (exact) mass is 147 g/mol. The van der Waals surface area contributed by atoms with Crippen molar-refractivity contribution >= 4 is 19.4 Å². The van der Waals surface area contributed by atoms with Crippen LogP contribution in [0.3, 0.4) is 0 Å². The molecule has 11 heavy (non-hydrogen) atoms. The lowest BCUT2D eigenvalue weighted by Crippen LogP contribution is -2.12. The summed E-state index contributed by atoms with van der Waals surface area (Å²) in [5.41, 5.74) is 0.976. The van der Waals surface area contributed by atoms with Gasteiger partial charge in [-0.15, -0.1) is 0 Å². The molecule has 0 spiro atoms. The van der Waals surface area contributed by atoms with Crippen molar-refractivity contribution in [2.75, 3.05) is 0 Å². The number of carboxylic acids is 1. The van der Waals surface area contributed by atoms with Gasteiger partial charge >= 0.3 is 5.97 Å². The summed E-state index contributed by atoms with van der Waals surface area (Å²) in [6.45, 7) is 1.61. The zero-order chi connectivity index (χ0) is 8.43. The maximum Gasteiger partial charge on any atom is 0.337 e. The van der Waals surface area contributed by atoms with E-state index in [1.807, 2.05) is 0 Å². The lowest BCUT2D eigenvalue weighted by atomic mass is 10.0. The molecule has 1 aromatic rings. The molecule has 0 fully saturated rings. The average molecular weight is 147 g/mol. The van der Waals surface area contributed by atoms with Gasteiger partial charge in [0, 0.05) is 0 Å². The van der Waals surface area contributed by atoms with Crippen molar-refractivity contribution in [3.05, 3.63) is 23.4 Å². The number of carboxylic acid groups (broad SMARTS) is 1. The summed E-state index contributed by atoms with van der Waals surface area (Å²) >= 11 is 0. The Hall–Kier alpha value is -1.32. The van der Waals surface area contributed by atoms with Crippen LogP contribution in [0, 0.1) is 6.92 Å². The van der Waals surface area contributed by atoms with Crippen LogP contribution in [-0.4, -0.2) is 23.9 Å². The topological polar surface area (TPSA) is 50.2 Å². The maximum atomic E-state index is 10.5. The van der Waals surface area contributed by atoms with Gasteiger partial charge in [-0.3, -0.25) is 4.98 Å². The SMILES string of the molecule is [B]c1ccc(C(=O)O)c(C)n1. The largest absolute Gasteiger partial charge is 0.478 e. The van der Waals surface area contributed by atoms with Crippen molar-refractivity contribution in [3.63, 3.8) is 0 Å². The fourth-order valence-corrected chi connectivity index (χ4v) is 0.807. The van der Waals surface area contributed by atoms with E-state index in [4.69, 9.17) is 13.0 Å². The summed E-state index contributed by atoms with van der Waals surface area (Å²) < 4.78 is 0. The Kier molecular flexibility index (Phi) is 1.94. The molecule has 0 aliphatic heterocycles. The molecule has 0 unspecified atom stereocenters. The van der Waals surface area contributed by atoms with E-state index in [-0.39, 0.29) is 5.56 Å². The van der Waals surface area contributed by atoms with Crippen molar-refractivity contribution in [2.45, 2.75) is 6.92 Å². The van der Waals surface area contributed by atoms with E-state index >= 15 is 0 Å². The summed E-state index contributed by atoms with van der Waals surface area (Å²) in [5, 5.41) is 8.58. The highest BCUT2D eigenvalue weighted by atomic mass is 16.4. The molecule has 3 nitrogen and oxygen atoms in total. The normalized spacial score (nSPS) is 9.55. The Morgan fingerprint density at radius 2 is 2.27 bits per heavy atom. The van der Waals surface area contributed by atoms with Gasteiger partial charge in [-0.05, 0) is 18.6 Å². The first-order valence-electron chi connectivity index (χ1n) is 3.07. The van der Waals surface area contributed by atoms with Crippen molar-refractivity contribution in [1.29, 1.82) is 0 Å². The summed E-state index contributed by atoms with van der Waals surface area (Å²) in [4.78, 5) is 14.2. The van der Waals surface area contributed by atoms with Crippen LogP contribution in [0.2, 0.25) is 0 Å². The fraction of sp³-hybridized carbons (Fsp3) is 0.143. The molecule has 1 N–H and O–H groups in total. The first kappa shape index (κ1) is 7.79. The van der Waals surface area contributed by atoms with Gasteiger partial charge in [0.25, 0.3) is 0 Å². The number of aromatic carboxylic acids is 1. The molecule has 0 saturated carbocycles. The minimum atomic E-state index is -0.977. The molecular formula is C7H6BNO2. The quantitative estimate of drug-likeness (QED) is 0.563. The number of aromatic nitrogens is 1. The number of hydrogen-bond acceptors (Lipinski definition) is 2. The molecule has 2 radical (unpaired) electrons. The van der Waals surface area contributed by atoms with Crippen LogP contribution in [0.1, 0.15) is 16.1 Å². The molecule has 1 rings (SSSR count). The number of aryl methyl sites for hydroxylation is 1. The zero-order valence-electron chi connectivity index (χ0n) is 6.03. The molecule has 0 amide bonds. The molecule has 4 heteroatoms. The van der Waals surface area contributed by atoms with Gasteiger partial charge in [-0.25, -0.2) is 4.79 Å². The van der Waals surface area contributed by atoms with Gasteiger partial charge in [-0.1, -0.05) is 6.07 Å². The third kappa shape index (κ3) is 1.58. The van der Waals surface area contributed by atoms with Crippen molar-refractivity contribution in [2.24, 2.45) is 0 Å². The highest BCUT2D eigenvalue weighted by Gasteiger charge is 2.06. The van der Waals surface area contributed by atoms with Crippen LogP contribution in [-0.2, 0) is 0 Å². The first-order valence-corrected chi connectivity index (χ1v) is 3.07. The van der Waals surface area contributed by atoms with Crippen LogP contribution < -0.4 is 5.59 Å². The Balaban J connectivity index is 3.20. The first-order chi connectivity index (χ1) is 5.11. The second-order valence-corrected chi connectivity index (χ2v) is 2.17. The molecule has 0 aliphatic rings. The Morgan fingerprint density at radius 1 is 1.64 bits per heavy atom. The minimum absolute atomic E-state index is 0.194. The maximum absolute atomic E-state index is 10.5. The second kappa shape index (κ2) is 2.74. The number of carbonyl (C=O) groups is 1. The van der Waals surface area contributed by atoms with Crippen LogP contribution in [0.4, 0.5) is 0 Å². The number of rotatable bonds is 1. The van der Waals surface area contributed by atoms with Gasteiger partial charge in [0.2, 0.25) is 0 Å². The van der Waals surface area contributed by atoms with E-state index in [2.05, 4.69) is 4.98 Å². The van der Waals surface area contributed by atoms with Gasteiger partial charge in [0.1, 0.15) is 7.85 Å². The van der Waals surface area contributed by atoms with Crippen LogP contribution >= 0.6 is 0 Å². The minimum Gasteiger partial charge on any atom is -0.478 e. The van der Waals surface area contributed by atoms with E-state index in [9.17, 15) is 4.79 Å². The molecule has 0 atom stereocenters. The fourth-order valence-electron chi connectivity index (χ4n) is 0.807. The molecular weight excluding hydrogens is 141 g/mol. The Labute approximate surface area is 65.5 Å². The molecule has 0 aliphatic carbocycles. The van der Waals surface area contributed by atoms with E-state index < -0.39 is 5.97 Å². The predicted molar refractivity (Wildman–Crippen MR) is 41.3 cm³/mol. The zero-order valence-corrected chi connectivity index (χ0v) is 6.03. The van der Waals surface area contributed by atoms with Crippen molar-refractivity contribution in [1.82, 2.24) is 4.98 Å². The van der Waals surface area contributed by atoms with Gasteiger partial charge in [0.15, 0.2) is 0 Å². The predicted octanol–water partition coefficient (Wildman–Crippen LogP) is -0.118. The summed E-state index contributed by atoms with van der Waals surface area (Å²) in [6.07, 6.45) is 0. The average Bonchev–Trinajstić information content (AvgIpc) is 1.85. The van der Waals surface area contributed by atoms with Crippen LogP contribution in [0.25, 0.3) is 0 Å². The second-order valence-electron chi connectivity index (χ2n) is 2.17. The van der Waals surface area contributed by atoms with Crippen LogP contribution in [0.15, 0.2) is 12.1 Å². The van der Waals surface area contributed by atoms with E-state index in [0.29, 0.717) is 11.3 Å². The molecule has 0 saturated heterocycles. The van der Waals surface area contributed by atoms with Crippen molar-refractivity contribution < 1.29 is 9.90 Å². The van der Waals surface area contributed by atoms with Crippen molar-refractivity contribution in [3.8, 4) is 0 Å². The Bertz CT molecular complexity index is 298. The highest BCUT2D eigenvalue weighted by molar-refractivity contribution is 6.30. The number of hydrogen-bond donors (Lipinski definition) is 1. The number of pyridine rings is 1. The number of nitrogens with zero attached hydrogens (tertiary/aromatic N) is 1. The van der Waals surface area contributed by atoms with Gasteiger partial charge in [0.05, 0.1) is 11.3 Å². The summed E-state index contributed by atoms with van der Waals surface area (Å²) in [6, 6.07) is 2.91. The van der Waals surface area contributed by atoms with Gasteiger partial charge in [-0.2, -0.15) is 0 Å². The Morgan fingerprint density at radius 3 is 2.73 bits per heavy atom. The lowest BCUT2D eigenvalue weighted by molar-refractivity contribution is 0.0695. The molecule has 1 heterocycles. The van der Waals surface area contributed by atoms with E-state index in [0.717, 1.165) is 0 Å². The van der Waals surface area contributed by atoms with E-state index in [1.54, 1.807) is 6.92 Å². The van der Waals surface area contributed by atoms with E-state index in [1.165, 1.54) is 12.1 Å². The third-order valence-corrected chi connectivity index (χ3v) is 1.34.